The highest BCUT2D eigenvalue weighted by molar-refractivity contribution is 7.07. The van der Waals surface area contributed by atoms with Crippen LogP contribution in [0.25, 0.3) is 0 Å². The molecule has 3 nitrogen and oxygen atoms in total. The highest BCUT2D eigenvalue weighted by Gasteiger charge is 2.39. The van der Waals surface area contributed by atoms with E-state index in [2.05, 4.69) is 5.32 Å². The van der Waals surface area contributed by atoms with E-state index < -0.39 is 12.6 Å². The zero-order valence-electron chi connectivity index (χ0n) is 11.1. The summed E-state index contributed by atoms with van der Waals surface area (Å²) in [5.74, 6) is -0.106. The molecule has 0 spiro atoms. The summed E-state index contributed by atoms with van der Waals surface area (Å²) < 4.78 is 36.7. The standard InChI is InChI=1S/C13H17F3N2OS/c1-2-10-12(19)18(6-3-5-13(14,15)16)11(17-10)9-4-7-20-8-9/h4,7-8,10-11,17H,2-3,5-6H2,1H3. The Hall–Kier alpha value is -1.08. The number of hydrogen-bond donors (Lipinski definition) is 1. The van der Waals surface area contributed by atoms with Crippen LogP contribution in [0, 0.1) is 0 Å². The summed E-state index contributed by atoms with van der Waals surface area (Å²) in [6.07, 6.45) is -4.75. The number of amides is 1. The fourth-order valence-electron chi connectivity index (χ4n) is 2.37. The Bertz CT molecular complexity index is 447. The molecule has 1 aliphatic rings. The molecule has 1 amide bonds. The smallest absolute Gasteiger partial charge is 0.322 e. The normalized spacial score (nSPS) is 23.6. The molecule has 2 atom stereocenters. The number of alkyl halides is 3. The van der Waals surface area contributed by atoms with Crippen LogP contribution in [0.1, 0.15) is 37.9 Å². The topological polar surface area (TPSA) is 32.3 Å². The van der Waals surface area contributed by atoms with Gasteiger partial charge in [0.1, 0.15) is 6.17 Å². The monoisotopic (exact) mass is 306 g/mol. The van der Waals surface area contributed by atoms with Gasteiger partial charge in [-0.05, 0) is 35.2 Å². The minimum absolute atomic E-state index is 0.0615. The van der Waals surface area contributed by atoms with Crippen molar-refractivity contribution in [3.63, 3.8) is 0 Å². The lowest BCUT2D eigenvalue weighted by Crippen LogP contribution is -2.32. The first-order chi connectivity index (χ1) is 9.42. The van der Waals surface area contributed by atoms with E-state index in [1.807, 2.05) is 23.8 Å². The lowest BCUT2D eigenvalue weighted by atomic mass is 10.2. The molecular formula is C13H17F3N2OS. The van der Waals surface area contributed by atoms with Crippen molar-refractivity contribution < 1.29 is 18.0 Å². The number of carbonyl (C=O) groups is 1. The minimum Gasteiger partial charge on any atom is -0.322 e. The summed E-state index contributed by atoms with van der Waals surface area (Å²) in [4.78, 5) is 13.7. The maximum atomic E-state index is 12.2. The largest absolute Gasteiger partial charge is 0.389 e. The van der Waals surface area contributed by atoms with Crippen LogP contribution in [0.2, 0.25) is 0 Å². The van der Waals surface area contributed by atoms with Crippen LogP contribution >= 0.6 is 11.3 Å². The molecule has 1 aromatic rings. The molecule has 1 fully saturated rings. The Morgan fingerprint density at radius 2 is 2.20 bits per heavy atom. The molecule has 0 radical (unpaired) electrons. The van der Waals surface area contributed by atoms with Crippen molar-refractivity contribution in [2.24, 2.45) is 0 Å². The minimum atomic E-state index is -4.17. The third-order valence-corrected chi connectivity index (χ3v) is 4.08. The zero-order valence-corrected chi connectivity index (χ0v) is 11.9. The van der Waals surface area contributed by atoms with Crippen molar-refractivity contribution in [3.8, 4) is 0 Å². The summed E-state index contributed by atoms with van der Waals surface area (Å²) in [6, 6.07) is 1.59. The van der Waals surface area contributed by atoms with Crippen molar-refractivity contribution in [1.82, 2.24) is 10.2 Å². The van der Waals surface area contributed by atoms with E-state index in [9.17, 15) is 18.0 Å². The van der Waals surface area contributed by atoms with E-state index >= 15 is 0 Å². The number of nitrogens with one attached hydrogen (secondary N) is 1. The van der Waals surface area contributed by atoms with Gasteiger partial charge in [0.2, 0.25) is 5.91 Å². The molecule has 0 saturated carbocycles. The number of rotatable bonds is 5. The van der Waals surface area contributed by atoms with Crippen LogP contribution in [0.4, 0.5) is 13.2 Å². The Morgan fingerprint density at radius 1 is 1.45 bits per heavy atom. The van der Waals surface area contributed by atoms with E-state index in [1.54, 1.807) is 0 Å². The van der Waals surface area contributed by atoms with Crippen molar-refractivity contribution in [1.29, 1.82) is 0 Å². The van der Waals surface area contributed by atoms with Gasteiger partial charge >= 0.3 is 6.18 Å². The van der Waals surface area contributed by atoms with Gasteiger partial charge in [0.15, 0.2) is 0 Å². The second kappa shape index (κ2) is 6.13. The second-order valence-corrected chi connectivity index (χ2v) is 5.62. The van der Waals surface area contributed by atoms with Crippen molar-refractivity contribution >= 4 is 17.2 Å². The number of carbonyl (C=O) groups excluding carboxylic acids is 1. The average Bonchev–Trinajstić information content (AvgIpc) is 2.97. The van der Waals surface area contributed by atoms with Crippen LogP contribution in [0.5, 0.6) is 0 Å². The van der Waals surface area contributed by atoms with Gasteiger partial charge in [-0.1, -0.05) is 6.92 Å². The Morgan fingerprint density at radius 3 is 2.75 bits per heavy atom. The highest BCUT2D eigenvalue weighted by Crippen LogP contribution is 2.29. The second-order valence-electron chi connectivity index (χ2n) is 4.84. The molecule has 2 rings (SSSR count). The summed E-state index contributed by atoms with van der Waals surface area (Å²) in [6.45, 7) is 2.02. The van der Waals surface area contributed by atoms with E-state index in [4.69, 9.17) is 0 Å². The van der Waals surface area contributed by atoms with E-state index in [0.29, 0.717) is 6.42 Å². The molecule has 2 unspecified atom stereocenters. The molecule has 0 aromatic carbocycles. The fourth-order valence-corrected chi connectivity index (χ4v) is 3.05. The number of thiophene rings is 1. The summed E-state index contributed by atoms with van der Waals surface area (Å²) >= 11 is 1.51. The predicted octanol–water partition coefficient (Wildman–Crippen LogP) is 3.30. The Kier molecular flexibility index (Phi) is 4.70. The maximum Gasteiger partial charge on any atom is 0.389 e. The molecule has 0 bridgehead atoms. The Balaban J connectivity index is 2.04. The van der Waals surface area contributed by atoms with Crippen LogP contribution < -0.4 is 5.32 Å². The van der Waals surface area contributed by atoms with Crippen molar-refractivity contribution in [2.75, 3.05) is 6.54 Å². The van der Waals surface area contributed by atoms with Gasteiger partial charge in [-0.2, -0.15) is 24.5 Å². The van der Waals surface area contributed by atoms with Crippen molar-refractivity contribution in [3.05, 3.63) is 22.4 Å². The lowest BCUT2D eigenvalue weighted by Gasteiger charge is -2.23. The van der Waals surface area contributed by atoms with Gasteiger partial charge in [0, 0.05) is 13.0 Å². The predicted molar refractivity (Wildman–Crippen MR) is 71.3 cm³/mol. The van der Waals surface area contributed by atoms with Crippen molar-refractivity contribution in [2.45, 2.75) is 44.6 Å². The summed E-state index contributed by atoms with van der Waals surface area (Å²) in [7, 11) is 0. The van der Waals surface area contributed by atoms with E-state index in [-0.39, 0.29) is 31.1 Å². The molecule has 1 N–H and O–H groups in total. The van der Waals surface area contributed by atoms with Gasteiger partial charge < -0.3 is 4.90 Å². The molecule has 0 aliphatic carbocycles. The molecule has 112 valence electrons. The van der Waals surface area contributed by atoms with E-state index in [1.165, 1.54) is 16.2 Å². The van der Waals surface area contributed by atoms with E-state index in [0.717, 1.165) is 5.56 Å². The zero-order chi connectivity index (χ0) is 14.8. The number of halogens is 3. The lowest BCUT2D eigenvalue weighted by molar-refractivity contribution is -0.140. The highest BCUT2D eigenvalue weighted by atomic mass is 32.1. The third kappa shape index (κ3) is 3.52. The molecule has 7 heteroatoms. The first-order valence-electron chi connectivity index (χ1n) is 6.57. The average molecular weight is 306 g/mol. The first kappa shape index (κ1) is 15.3. The number of nitrogens with zero attached hydrogens (tertiary/aromatic N) is 1. The summed E-state index contributed by atoms with van der Waals surface area (Å²) in [5.41, 5.74) is 0.936. The van der Waals surface area contributed by atoms with Gasteiger partial charge in [-0.25, -0.2) is 0 Å². The van der Waals surface area contributed by atoms with Gasteiger partial charge in [0.05, 0.1) is 6.04 Å². The first-order valence-corrected chi connectivity index (χ1v) is 7.52. The SMILES string of the molecule is CCC1NC(c2ccsc2)N(CCCC(F)(F)F)C1=O. The third-order valence-electron chi connectivity index (χ3n) is 3.38. The molecule has 1 aliphatic heterocycles. The van der Waals surface area contributed by atoms with Crippen LogP contribution in [0.3, 0.4) is 0 Å². The molecule has 1 saturated heterocycles. The Labute approximate surface area is 119 Å². The molecule has 20 heavy (non-hydrogen) atoms. The number of hydrogen-bond acceptors (Lipinski definition) is 3. The summed E-state index contributed by atoms with van der Waals surface area (Å²) in [5, 5.41) is 7.01. The van der Waals surface area contributed by atoms with Gasteiger partial charge in [-0.15, -0.1) is 0 Å². The van der Waals surface area contributed by atoms with Crippen LogP contribution in [0.15, 0.2) is 16.8 Å². The maximum absolute atomic E-state index is 12.2. The van der Waals surface area contributed by atoms with Crippen LogP contribution in [-0.2, 0) is 4.79 Å². The van der Waals surface area contributed by atoms with Gasteiger partial charge in [-0.3, -0.25) is 10.1 Å². The molecule has 1 aromatic heterocycles. The molecular weight excluding hydrogens is 289 g/mol. The van der Waals surface area contributed by atoms with Crippen LogP contribution in [-0.4, -0.2) is 29.6 Å². The fraction of sp³-hybridized carbons (Fsp3) is 0.615. The molecule has 2 heterocycles. The van der Waals surface area contributed by atoms with Gasteiger partial charge in [0.25, 0.3) is 0 Å². The quantitative estimate of drug-likeness (QED) is 0.905.